The highest BCUT2D eigenvalue weighted by molar-refractivity contribution is 6.03. The maximum Gasteiger partial charge on any atom is 0.274 e. The van der Waals surface area contributed by atoms with Crippen molar-refractivity contribution in [3.8, 4) is 11.5 Å². The molecule has 4 rings (SSSR count). The Labute approximate surface area is 197 Å². The molecular weight excluding hydrogens is 434 g/mol. The molecule has 2 amide bonds. The molecule has 3 aromatic carbocycles. The van der Waals surface area contributed by atoms with E-state index in [1.54, 1.807) is 43.3 Å². The first-order valence-corrected chi connectivity index (χ1v) is 10.9. The lowest BCUT2D eigenvalue weighted by molar-refractivity contribution is -0.385. The van der Waals surface area contributed by atoms with Crippen molar-refractivity contribution in [3.05, 3.63) is 87.5 Å². The van der Waals surface area contributed by atoms with Crippen molar-refractivity contribution in [1.29, 1.82) is 0 Å². The van der Waals surface area contributed by atoms with Gasteiger partial charge in [-0.15, -0.1) is 0 Å². The number of aryl methyl sites for hydroxylation is 3. The molecule has 0 aliphatic carbocycles. The lowest BCUT2D eigenvalue weighted by Gasteiger charge is -2.17. The molecule has 1 N–H and O–H groups in total. The third-order valence-corrected chi connectivity index (χ3v) is 6.03. The van der Waals surface area contributed by atoms with Gasteiger partial charge in [-0.25, -0.2) is 0 Å². The number of nitro groups is 1. The van der Waals surface area contributed by atoms with E-state index in [4.69, 9.17) is 4.74 Å². The molecular formula is C26H25N3O5. The fourth-order valence-electron chi connectivity index (χ4n) is 3.86. The highest BCUT2D eigenvalue weighted by atomic mass is 16.6. The highest BCUT2D eigenvalue weighted by Crippen LogP contribution is 2.31. The van der Waals surface area contributed by atoms with E-state index >= 15 is 0 Å². The monoisotopic (exact) mass is 459 g/mol. The van der Waals surface area contributed by atoms with Crippen LogP contribution in [0.25, 0.3) is 0 Å². The van der Waals surface area contributed by atoms with Gasteiger partial charge < -0.3 is 15.0 Å². The predicted octanol–water partition coefficient (Wildman–Crippen LogP) is 5.30. The molecule has 0 aromatic heterocycles. The SMILES string of the molecule is Cc1ccc(Oc2ccc(NC(=O)[C@@H]3CC(=O)N(c4ccc(C)c([N+](=O)[O-])c4)C3)cc2)cc1C. The normalized spacial score (nSPS) is 15.3. The number of benzene rings is 3. The molecule has 8 nitrogen and oxygen atoms in total. The summed E-state index contributed by atoms with van der Waals surface area (Å²) in [5.41, 5.74) is 3.80. The van der Waals surface area contributed by atoms with Gasteiger partial charge in [-0.1, -0.05) is 12.1 Å². The van der Waals surface area contributed by atoms with Gasteiger partial charge in [-0.05, 0) is 74.4 Å². The van der Waals surface area contributed by atoms with Crippen LogP contribution in [0.3, 0.4) is 0 Å². The number of hydrogen-bond donors (Lipinski definition) is 1. The molecule has 8 heteroatoms. The van der Waals surface area contributed by atoms with Crippen molar-refractivity contribution in [3.63, 3.8) is 0 Å². The van der Waals surface area contributed by atoms with Gasteiger partial charge in [0.25, 0.3) is 5.69 Å². The lowest BCUT2D eigenvalue weighted by atomic mass is 10.1. The Morgan fingerprint density at radius 3 is 2.32 bits per heavy atom. The summed E-state index contributed by atoms with van der Waals surface area (Å²) in [5.74, 6) is 0.306. The van der Waals surface area contributed by atoms with E-state index in [9.17, 15) is 19.7 Å². The van der Waals surface area contributed by atoms with Crippen molar-refractivity contribution < 1.29 is 19.2 Å². The number of amides is 2. The third-order valence-electron chi connectivity index (χ3n) is 6.03. The first kappa shape index (κ1) is 23.0. The first-order valence-electron chi connectivity index (χ1n) is 10.9. The largest absolute Gasteiger partial charge is 0.457 e. The van der Waals surface area contributed by atoms with Gasteiger partial charge in [-0.2, -0.15) is 0 Å². The Morgan fingerprint density at radius 1 is 0.971 bits per heavy atom. The summed E-state index contributed by atoms with van der Waals surface area (Å²) in [5, 5.41) is 14.1. The maximum absolute atomic E-state index is 12.8. The number of hydrogen-bond acceptors (Lipinski definition) is 5. The number of carbonyl (C=O) groups excluding carboxylic acids is 2. The molecule has 0 unspecified atom stereocenters. The maximum atomic E-state index is 12.8. The first-order chi connectivity index (χ1) is 16.2. The fourth-order valence-corrected chi connectivity index (χ4v) is 3.86. The summed E-state index contributed by atoms with van der Waals surface area (Å²) in [7, 11) is 0. The molecule has 174 valence electrons. The van der Waals surface area contributed by atoms with E-state index < -0.39 is 10.8 Å². The van der Waals surface area contributed by atoms with E-state index in [0.29, 0.717) is 22.7 Å². The minimum Gasteiger partial charge on any atom is -0.457 e. The second-order valence-corrected chi connectivity index (χ2v) is 8.50. The van der Waals surface area contributed by atoms with Crippen LogP contribution in [0.1, 0.15) is 23.1 Å². The number of anilines is 2. The molecule has 1 atom stereocenters. The van der Waals surface area contributed by atoms with Gasteiger partial charge in [0.1, 0.15) is 11.5 Å². The van der Waals surface area contributed by atoms with Crippen molar-refractivity contribution >= 4 is 28.9 Å². The van der Waals surface area contributed by atoms with Gasteiger partial charge in [0.2, 0.25) is 11.8 Å². The molecule has 0 spiro atoms. The third kappa shape index (κ3) is 4.91. The Kier molecular flexibility index (Phi) is 6.32. The summed E-state index contributed by atoms with van der Waals surface area (Å²) >= 11 is 0. The van der Waals surface area contributed by atoms with E-state index in [0.717, 1.165) is 11.3 Å². The Balaban J connectivity index is 1.39. The van der Waals surface area contributed by atoms with Crippen LogP contribution in [0.15, 0.2) is 60.7 Å². The van der Waals surface area contributed by atoms with Gasteiger partial charge >= 0.3 is 0 Å². The van der Waals surface area contributed by atoms with Gasteiger partial charge in [0.05, 0.1) is 16.5 Å². The Bertz CT molecular complexity index is 1270. The smallest absolute Gasteiger partial charge is 0.274 e. The lowest BCUT2D eigenvalue weighted by Crippen LogP contribution is -2.28. The summed E-state index contributed by atoms with van der Waals surface area (Å²) in [6.07, 6.45) is 0.0431. The van der Waals surface area contributed by atoms with E-state index in [1.807, 2.05) is 32.0 Å². The summed E-state index contributed by atoms with van der Waals surface area (Å²) in [6, 6.07) is 17.5. The molecule has 34 heavy (non-hydrogen) atoms. The zero-order valence-corrected chi connectivity index (χ0v) is 19.2. The topological polar surface area (TPSA) is 102 Å². The minimum absolute atomic E-state index is 0.0431. The molecule has 3 aromatic rings. The van der Waals surface area contributed by atoms with Crippen molar-refractivity contribution in [2.75, 3.05) is 16.8 Å². The van der Waals surface area contributed by atoms with Crippen LogP contribution in [-0.4, -0.2) is 23.3 Å². The Hall–Kier alpha value is -4.20. The van der Waals surface area contributed by atoms with Crippen molar-refractivity contribution in [2.45, 2.75) is 27.2 Å². The van der Waals surface area contributed by atoms with Crippen LogP contribution in [0.2, 0.25) is 0 Å². The van der Waals surface area contributed by atoms with Crippen LogP contribution < -0.4 is 15.0 Å². The minimum atomic E-state index is -0.556. The average molecular weight is 460 g/mol. The van der Waals surface area contributed by atoms with Crippen LogP contribution in [0, 0.1) is 36.8 Å². The van der Waals surface area contributed by atoms with Crippen LogP contribution in [-0.2, 0) is 9.59 Å². The van der Waals surface area contributed by atoms with Gasteiger partial charge in [0, 0.05) is 30.3 Å². The highest BCUT2D eigenvalue weighted by Gasteiger charge is 2.35. The number of carbonyl (C=O) groups is 2. The van der Waals surface area contributed by atoms with Crippen molar-refractivity contribution in [1.82, 2.24) is 0 Å². The molecule has 0 saturated carbocycles. The molecule has 1 fully saturated rings. The quantitative estimate of drug-likeness (QED) is 0.398. The molecule has 1 heterocycles. The number of ether oxygens (including phenoxy) is 1. The summed E-state index contributed by atoms with van der Waals surface area (Å²) < 4.78 is 5.87. The van der Waals surface area contributed by atoms with E-state index in [-0.39, 0.29) is 30.5 Å². The average Bonchev–Trinajstić information content (AvgIpc) is 3.19. The molecule has 0 radical (unpaired) electrons. The number of nitrogens with one attached hydrogen (secondary N) is 1. The molecule has 1 saturated heterocycles. The van der Waals surface area contributed by atoms with Crippen molar-refractivity contribution in [2.24, 2.45) is 5.92 Å². The van der Waals surface area contributed by atoms with Crippen LogP contribution >= 0.6 is 0 Å². The van der Waals surface area contributed by atoms with E-state index in [1.165, 1.54) is 16.5 Å². The van der Waals surface area contributed by atoms with Gasteiger partial charge in [0.15, 0.2) is 0 Å². The van der Waals surface area contributed by atoms with Gasteiger partial charge in [-0.3, -0.25) is 19.7 Å². The number of nitro benzene ring substituents is 1. The van der Waals surface area contributed by atoms with Crippen LogP contribution in [0.5, 0.6) is 11.5 Å². The predicted molar refractivity (Wildman–Crippen MR) is 129 cm³/mol. The standard InChI is InChI=1S/C26H25N3O5/c1-16-5-9-23(12-18(16)3)34-22-10-6-20(7-11-22)27-26(31)19-13-25(30)28(15-19)21-8-4-17(2)24(14-21)29(32)33/h4-12,14,19H,13,15H2,1-3H3,(H,27,31)/t19-/m1/s1. The Morgan fingerprint density at radius 2 is 1.65 bits per heavy atom. The fraction of sp³-hybridized carbons (Fsp3) is 0.231. The number of rotatable bonds is 6. The molecule has 1 aliphatic rings. The summed E-state index contributed by atoms with van der Waals surface area (Å²) in [4.78, 5) is 37.5. The molecule has 0 bridgehead atoms. The zero-order valence-electron chi connectivity index (χ0n) is 19.2. The van der Waals surface area contributed by atoms with Crippen LogP contribution in [0.4, 0.5) is 17.1 Å². The summed E-state index contributed by atoms with van der Waals surface area (Å²) in [6.45, 7) is 5.87. The second-order valence-electron chi connectivity index (χ2n) is 8.50. The molecule has 1 aliphatic heterocycles. The van der Waals surface area contributed by atoms with E-state index in [2.05, 4.69) is 5.32 Å². The number of nitrogens with zero attached hydrogens (tertiary/aromatic N) is 2. The second kappa shape index (κ2) is 9.35. The zero-order chi connectivity index (χ0) is 24.4.